The molecule has 1 amide bonds. The highest BCUT2D eigenvalue weighted by atomic mass is 32.2. The first-order valence-corrected chi connectivity index (χ1v) is 6.05. The number of amides is 1. The third kappa shape index (κ3) is 3.19. The molecule has 76 valence electrons. The average Bonchev–Trinajstić information content (AvgIpc) is 2.48. The van der Waals surface area contributed by atoms with Gasteiger partial charge in [0.25, 0.3) is 0 Å². The topological polar surface area (TPSA) is 40.5 Å². The normalized spacial score (nSPS) is 22.8. The zero-order valence-corrected chi connectivity index (χ0v) is 8.85. The lowest BCUT2D eigenvalue weighted by Gasteiger charge is -2.15. The minimum Gasteiger partial charge on any atom is -0.396 e. The van der Waals surface area contributed by atoms with Crippen molar-refractivity contribution >= 4 is 17.7 Å². The Balaban J connectivity index is 2.23. The van der Waals surface area contributed by atoms with Gasteiger partial charge in [-0.2, -0.15) is 11.8 Å². The number of nitrogens with zero attached hydrogens (tertiary/aromatic N) is 1. The Hall–Kier alpha value is -0.220. The Morgan fingerprint density at radius 3 is 3.00 bits per heavy atom. The fourth-order valence-electron chi connectivity index (χ4n) is 1.59. The van der Waals surface area contributed by atoms with Gasteiger partial charge in [0.15, 0.2) is 0 Å². The van der Waals surface area contributed by atoms with Crippen LogP contribution < -0.4 is 0 Å². The molecule has 1 heterocycles. The molecule has 3 nitrogen and oxygen atoms in total. The van der Waals surface area contributed by atoms with Crippen molar-refractivity contribution in [3.63, 3.8) is 0 Å². The van der Waals surface area contributed by atoms with Crippen LogP contribution >= 0.6 is 11.8 Å². The highest BCUT2D eigenvalue weighted by Gasteiger charge is 2.28. The summed E-state index contributed by atoms with van der Waals surface area (Å²) < 4.78 is 0. The van der Waals surface area contributed by atoms with Gasteiger partial charge in [0, 0.05) is 32.0 Å². The van der Waals surface area contributed by atoms with E-state index >= 15 is 0 Å². The molecule has 1 saturated heterocycles. The SMILES string of the molecule is CSCCCN1CC(CO)CC1=O. The number of aliphatic hydroxyl groups excluding tert-OH is 1. The Kier molecular flexibility index (Phi) is 4.59. The van der Waals surface area contributed by atoms with Crippen molar-refractivity contribution in [2.75, 3.05) is 31.7 Å². The van der Waals surface area contributed by atoms with Crippen molar-refractivity contribution < 1.29 is 9.90 Å². The van der Waals surface area contributed by atoms with Gasteiger partial charge in [0.1, 0.15) is 0 Å². The Morgan fingerprint density at radius 2 is 2.46 bits per heavy atom. The zero-order chi connectivity index (χ0) is 9.68. The summed E-state index contributed by atoms with van der Waals surface area (Å²) in [5.74, 6) is 1.50. The van der Waals surface area contributed by atoms with Crippen molar-refractivity contribution in [2.45, 2.75) is 12.8 Å². The van der Waals surface area contributed by atoms with E-state index in [0.717, 1.165) is 25.3 Å². The molecule has 1 aliphatic heterocycles. The van der Waals surface area contributed by atoms with Crippen LogP contribution in [0.15, 0.2) is 0 Å². The van der Waals surface area contributed by atoms with Crippen LogP contribution in [0.5, 0.6) is 0 Å². The summed E-state index contributed by atoms with van der Waals surface area (Å²) in [4.78, 5) is 13.2. The summed E-state index contributed by atoms with van der Waals surface area (Å²) in [7, 11) is 0. The molecule has 1 atom stereocenters. The van der Waals surface area contributed by atoms with Gasteiger partial charge in [-0.15, -0.1) is 0 Å². The van der Waals surface area contributed by atoms with Gasteiger partial charge in [-0.25, -0.2) is 0 Å². The summed E-state index contributed by atoms with van der Waals surface area (Å²) in [5.41, 5.74) is 0. The van der Waals surface area contributed by atoms with Crippen molar-refractivity contribution in [1.82, 2.24) is 4.90 Å². The van der Waals surface area contributed by atoms with Crippen LogP contribution in [0.2, 0.25) is 0 Å². The highest BCUT2D eigenvalue weighted by molar-refractivity contribution is 7.98. The largest absolute Gasteiger partial charge is 0.396 e. The first-order chi connectivity index (χ1) is 6.27. The smallest absolute Gasteiger partial charge is 0.223 e. The van der Waals surface area contributed by atoms with Crippen LogP contribution in [0.4, 0.5) is 0 Å². The summed E-state index contributed by atoms with van der Waals surface area (Å²) >= 11 is 1.81. The van der Waals surface area contributed by atoms with Gasteiger partial charge in [-0.1, -0.05) is 0 Å². The van der Waals surface area contributed by atoms with Gasteiger partial charge < -0.3 is 10.0 Å². The van der Waals surface area contributed by atoms with E-state index in [4.69, 9.17) is 5.11 Å². The maximum absolute atomic E-state index is 11.3. The lowest BCUT2D eigenvalue weighted by Crippen LogP contribution is -2.26. The quantitative estimate of drug-likeness (QED) is 0.665. The summed E-state index contributed by atoms with van der Waals surface area (Å²) in [5, 5.41) is 8.89. The molecule has 0 radical (unpaired) electrons. The number of rotatable bonds is 5. The van der Waals surface area contributed by atoms with Gasteiger partial charge in [0.05, 0.1) is 0 Å². The lowest BCUT2D eigenvalue weighted by molar-refractivity contribution is -0.127. The van der Waals surface area contributed by atoms with Crippen LogP contribution in [0.25, 0.3) is 0 Å². The van der Waals surface area contributed by atoms with Crippen molar-refractivity contribution in [2.24, 2.45) is 5.92 Å². The predicted octanol–water partition coefficient (Wildman–Crippen LogP) is 0.580. The molecule has 0 aliphatic carbocycles. The second-order valence-electron chi connectivity index (χ2n) is 3.44. The predicted molar refractivity (Wildman–Crippen MR) is 54.8 cm³/mol. The van der Waals surface area contributed by atoms with Crippen LogP contribution in [0.1, 0.15) is 12.8 Å². The van der Waals surface area contributed by atoms with Crippen LogP contribution in [0.3, 0.4) is 0 Å². The fourth-order valence-corrected chi connectivity index (χ4v) is 2.01. The third-order valence-corrected chi connectivity index (χ3v) is 3.03. The molecule has 1 rings (SSSR count). The van der Waals surface area contributed by atoms with E-state index in [2.05, 4.69) is 6.26 Å². The van der Waals surface area contributed by atoms with Crippen molar-refractivity contribution in [1.29, 1.82) is 0 Å². The number of carbonyl (C=O) groups excluding carboxylic acids is 1. The molecule has 0 aromatic heterocycles. The van der Waals surface area contributed by atoms with Gasteiger partial charge in [-0.3, -0.25) is 4.79 Å². The molecule has 0 aromatic rings. The minimum absolute atomic E-state index is 0.144. The molecule has 0 saturated carbocycles. The zero-order valence-electron chi connectivity index (χ0n) is 8.03. The number of likely N-dealkylation sites (tertiary alicyclic amines) is 1. The summed E-state index contributed by atoms with van der Waals surface area (Å²) in [6, 6.07) is 0. The highest BCUT2D eigenvalue weighted by Crippen LogP contribution is 2.17. The summed E-state index contributed by atoms with van der Waals surface area (Å²) in [6.45, 7) is 1.75. The number of thioether (sulfide) groups is 1. The van der Waals surface area contributed by atoms with Gasteiger partial charge >= 0.3 is 0 Å². The second-order valence-corrected chi connectivity index (χ2v) is 4.42. The minimum atomic E-state index is 0.144. The second kappa shape index (κ2) is 5.50. The van der Waals surface area contributed by atoms with E-state index in [1.54, 1.807) is 11.8 Å². The van der Waals surface area contributed by atoms with E-state index in [0.29, 0.717) is 6.42 Å². The summed E-state index contributed by atoms with van der Waals surface area (Å²) in [6.07, 6.45) is 3.67. The molecule has 1 unspecified atom stereocenters. The molecule has 0 bridgehead atoms. The van der Waals surface area contributed by atoms with Gasteiger partial charge in [-0.05, 0) is 18.4 Å². The molecule has 4 heteroatoms. The van der Waals surface area contributed by atoms with Crippen LogP contribution in [0, 0.1) is 5.92 Å². The number of hydrogen-bond acceptors (Lipinski definition) is 3. The Morgan fingerprint density at radius 1 is 1.69 bits per heavy atom. The van der Waals surface area contributed by atoms with E-state index in [-0.39, 0.29) is 18.4 Å². The van der Waals surface area contributed by atoms with Gasteiger partial charge in [0.2, 0.25) is 5.91 Å². The van der Waals surface area contributed by atoms with Crippen LogP contribution in [-0.4, -0.2) is 47.6 Å². The van der Waals surface area contributed by atoms with Crippen molar-refractivity contribution in [3.8, 4) is 0 Å². The molecule has 1 N–H and O–H groups in total. The van der Waals surface area contributed by atoms with E-state index in [9.17, 15) is 4.79 Å². The standard InChI is InChI=1S/C9H17NO2S/c1-13-4-2-3-10-6-8(7-11)5-9(10)12/h8,11H,2-7H2,1H3. The maximum atomic E-state index is 11.3. The first-order valence-electron chi connectivity index (χ1n) is 4.65. The van der Waals surface area contributed by atoms with E-state index in [1.165, 1.54) is 0 Å². The molecule has 0 aromatic carbocycles. The first kappa shape index (κ1) is 10.9. The average molecular weight is 203 g/mol. The maximum Gasteiger partial charge on any atom is 0.223 e. The Bertz CT molecular complexity index is 175. The lowest BCUT2D eigenvalue weighted by atomic mass is 10.1. The number of hydrogen-bond donors (Lipinski definition) is 1. The molecular formula is C9H17NO2S. The molecule has 13 heavy (non-hydrogen) atoms. The number of carbonyl (C=O) groups is 1. The molecule has 0 spiro atoms. The Labute approximate surface area is 83.5 Å². The molecular weight excluding hydrogens is 186 g/mol. The number of aliphatic hydroxyl groups is 1. The van der Waals surface area contributed by atoms with Crippen molar-refractivity contribution in [3.05, 3.63) is 0 Å². The molecule has 1 aliphatic rings. The van der Waals surface area contributed by atoms with Crippen LogP contribution in [-0.2, 0) is 4.79 Å². The third-order valence-electron chi connectivity index (χ3n) is 2.33. The monoisotopic (exact) mass is 203 g/mol. The molecule has 1 fully saturated rings. The van der Waals surface area contributed by atoms with E-state index in [1.807, 2.05) is 4.90 Å². The fraction of sp³-hybridized carbons (Fsp3) is 0.889. The van der Waals surface area contributed by atoms with E-state index < -0.39 is 0 Å².